The van der Waals surface area contributed by atoms with Crippen LogP contribution in [0.4, 0.5) is 11.4 Å². The van der Waals surface area contributed by atoms with Gasteiger partial charge in [-0.25, -0.2) is 0 Å². The Morgan fingerprint density at radius 1 is 1.47 bits per heavy atom. The maximum Gasteiger partial charge on any atom is 0.325 e. The summed E-state index contributed by atoms with van der Waals surface area (Å²) in [5, 5.41) is 10.8. The number of nitro benzene ring substituents is 1. The van der Waals surface area contributed by atoms with Gasteiger partial charge in [0.15, 0.2) is 5.75 Å². The van der Waals surface area contributed by atoms with Crippen molar-refractivity contribution in [3.8, 4) is 5.75 Å². The predicted molar refractivity (Wildman–Crippen MR) is 69.6 cm³/mol. The van der Waals surface area contributed by atoms with E-state index in [0.29, 0.717) is 12.3 Å². The Kier molecular flexibility index (Phi) is 5.11. The second-order valence-electron chi connectivity index (χ2n) is 3.77. The highest BCUT2D eigenvalue weighted by Gasteiger charge is 2.17. The van der Waals surface area contributed by atoms with Gasteiger partial charge in [-0.05, 0) is 13.0 Å². The molecule has 1 rings (SSSR count). The zero-order valence-corrected chi connectivity index (χ0v) is 11.1. The zero-order chi connectivity index (χ0) is 14.4. The van der Waals surface area contributed by atoms with Crippen LogP contribution in [-0.4, -0.2) is 38.2 Å². The van der Waals surface area contributed by atoms with Gasteiger partial charge in [0.05, 0.1) is 18.6 Å². The van der Waals surface area contributed by atoms with Crippen molar-refractivity contribution in [2.45, 2.75) is 6.92 Å². The lowest BCUT2D eigenvalue weighted by Gasteiger charge is -2.18. The highest BCUT2D eigenvalue weighted by molar-refractivity contribution is 5.76. The van der Waals surface area contributed by atoms with E-state index in [1.807, 2.05) is 0 Å². The molecule has 0 N–H and O–H groups in total. The third-order valence-electron chi connectivity index (χ3n) is 2.47. The number of carbonyl (C=O) groups is 1. The fourth-order valence-electron chi connectivity index (χ4n) is 1.55. The summed E-state index contributed by atoms with van der Waals surface area (Å²) in [6.07, 6.45) is 0. The Morgan fingerprint density at radius 3 is 2.68 bits per heavy atom. The molecular weight excluding hydrogens is 252 g/mol. The zero-order valence-electron chi connectivity index (χ0n) is 11.1. The molecule has 0 unspecified atom stereocenters. The van der Waals surface area contributed by atoms with Crippen molar-refractivity contribution in [1.29, 1.82) is 0 Å². The molecule has 0 spiro atoms. The monoisotopic (exact) mass is 268 g/mol. The number of hydrogen-bond donors (Lipinski definition) is 0. The average molecular weight is 268 g/mol. The topological polar surface area (TPSA) is 81.9 Å². The molecule has 0 fully saturated rings. The fraction of sp³-hybridized carbons (Fsp3) is 0.417. The number of ether oxygens (including phenoxy) is 2. The van der Waals surface area contributed by atoms with Crippen LogP contribution in [0, 0.1) is 10.1 Å². The maximum absolute atomic E-state index is 11.4. The van der Waals surface area contributed by atoms with Crippen LogP contribution in [0.3, 0.4) is 0 Å². The fourth-order valence-corrected chi connectivity index (χ4v) is 1.55. The van der Waals surface area contributed by atoms with Gasteiger partial charge < -0.3 is 14.4 Å². The molecule has 1 aromatic rings. The van der Waals surface area contributed by atoms with E-state index in [0.717, 1.165) is 0 Å². The third kappa shape index (κ3) is 3.84. The summed E-state index contributed by atoms with van der Waals surface area (Å²) in [4.78, 5) is 23.2. The Morgan fingerprint density at radius 2 is 2.16 bits per heavy atom. The number of hydrogen-bond acceptors (Lipinski definition) is 6. The quantitative estimate of drug-likeness (QED) is 0.443. The smallest absolute Gasteiger partial charge is 0.325 e. The van der Waals surface area contributed by atoms with Gasteiger partial charge in [-0.15, -0.1) is 0 Å². The van der Waals surface area contributed by atoms with Crippen LogP contribution in [0.1, 0.15) is 6.92 Å². The van der Waals surface area contributed by atoms with Gasteiger partial charge in [0.25, 0.3) is 0 Å². The average Bonchev–Trinajstić information content (AvgIpc) is 2.37. The van der Waals surface area contributed by atoms with Gasteiger partial charge in [0.1, 0.15) is 6.54 Å². The molecule has 0 atom stereocenters. The van der Waals surface area contributed by atoms with E-state index in [4.69, 9.17) is 9.47 Å². The lowest BCUT2D eigenvalue weighted by Crippen LogP contribution is -2.27. The van der Waals surface area contributed by atoms with Crippen LogP contribution in [0.25, 0.3) is 0 Å². The number of likely N-dealkylation sites (N-methyl/N-ethyl adjacent to an activating group) is 1. The van der Waals surface area contributed by atoms with Crippen molar-refractivity contribution in [2.24, 2.45) is 0 Å². The number of esters is 1. The molecular formula is C12H16N2O5. The third-order valence-corrected chi connectivity index (χ3v) is 2.47. The molecule has 0 aromatic heterocycles. The molecule has 0 amide bonds. The highest BCUT2D eigenvalue weighted by atomic mass is 16.6. The molecule has 0 radical (unpaired) electrons. The van der Waals surface area contributed by atoms with E-state index in [1.165, 1.54) is 19.2 Å². The summed E-state index contributed by atoms with van der Waals surface area (Å²) in [5.74, 6) is -0.208. The van der Waals surface area contributed by atoms with Crippen molar-refractivity contribution < 1.29 is 19.2 Å². The van der Waals surface area contributed by atoms with Gasteiger partial charge >= 0.3 is 11.7 Å². The van der Waals surface area contributed by atoms with Crippen molar-refractivity contribution in [1.82, 2.24) is 0 Å². The van der Waals surface area contributed by atoms with Crippen LogP contribution in [0.2, 0.25) is 0 Å². The summed E-state index contributed by atoms with van der Waals surface area (Å²) in [6, 6.07) is 4.41. The summed E-state index contributed by atoms with van der Waals surface area (Å²) >= 11 is 0. The van der Waals surface area contributed by atoms with Crippen LogP contribution in [0.5, 0.6) is 5.75 Å². The number of benzene rings is 1. The Labute approximate surface area is 110 Å². The number of rotatable bonds is 6. The van der Waals surface area contributed by atoms with Crippen molar-refractivity contribution >= 4 is 17.3 Å². The normalized spacial score (nSPS) is 9.84. The first-order valence-electron chi connectivity index (χ1n) is 5.68. The minimum atomic E-state index is -0.520. The molecule has 0 heterocycles. The summed E-state index contributed by atoms with van der Waals surface area (Å²) in [6.45, 7) is 2.11. The molecule has 19 heavy (non-hydrogen) atoms. The van der Waals surface area contributed by atoms with E-state index in [-0.39, 0.29) is 24.0 Å². The largest absolute Gasteiger partial charge is 0.490 e. The minimum Gasteiger partial charge on any atom is -0.490 e. The van der Waals surface area contributed by atoms with E-state index in [2.05, 4.69) is 0 Å². The number of methoxy groups -OCH3 is 1. The first kappa shape index (κ1) is 14.7. The van der Waals surface area contributed by atoms with Crippen molar-refractivity contribution in [3.63, 3.8) is 0 Å². The number of anilines is 1. The molecule has 7 heteroatoms. The first-order valence-corrected chi connectivity index (χ1v) is 5.68. The molecule has 0 aliphatic carbocycles. The minimum absolute atomic E-state index is 0.0643. The predicted octanol–water partition coefficient (Wildman–Crippen LogP) is 1.60. The number of nitrogens with zero attached hydrogens (tertiary/aromatic N) is 2. The van der Waals surface area contributed by atoms with E-state index in [1.54, 1.807) is 24.9 Å². The molecule has 0 aliphatic heterocycles. The van der Waals surface area contributed by atoms with E-state index in [9.17, 15) is 14.9 Å². The second kappa shape index (κ2) is 6.58. The highest BCUT2D eigenvalue weighted by Crippen LogP contribution is 2.30. The Balaban J connectivity index is 2.89. The van der Waals surface area contributed by atoms with Crippen LogP contribution >= 0.6 is 0 Å². The Bertz CT molecular complexity index is 475. The van der Waals surface area contributed by atoms with E-state index < -0.39 is 4.92 Å². The summed E-state index contributed by atoms with van der Waals surface area (Å²) in [5.41, 5.74) is 0.520. The van der Waals surface area contributed by atoms with Crippen LogP contribution < -0.4 is 9.64 Å². The lowest BCUT2D eigenvalue weighted by atomic mass is 10.2. The molecule has 0 saturated heterocycles. The molecule has 0 bridgehead atoms. The maximum atomic E-state index is 11.4. The first-order chi connectivity index (χ1) is 8.99. The second-order valence-corrected chi connectivity index (χ2v) is 3.77. The molecule has 7 nitrogen and oxygen atoms in total. The standard InChI is InChI=1S/C12H16N2O5/c1-4-19-12(15)8-13(2)9-5-6-10(14(16)17)11(7-9)18-3/h5-7H,4,8H2,1-3H3. The van der Waals surface area contributed by atoms with Crippen LogP contribution in [0.15, 0.2) is 18.2 Å². The molecule has 104 valence electrons. The summed E-state index contributed by atoms with van der Waals surface area (Å²) in [7, 11) is 3.05. The Hall–Kier alpha value is -2.31. The SMILES string of the molecule is CCOC(=O)CN(C)c1ccc([N+](=O)[O-])c(OC)c1. The van der Waals surface area contributed by atoms with Crippen molar-refractivity contribution in [3.05, 3.63) is 28.3 Å². The lowest BCUT2D eigenvalue weighted by molar-refractivity contribution is -0.385. The number of carbonyl (C=O) groups excluding carboxylic acids is 1. The van der Waals surface area contributed by atoms with Gasteiger partial charge in [-0.1, -0.05) is 0 Å². The van der Waals surface area contributed by atoms with Crippen molar-refractivity contribution in [2.75, 3.05) is 32.2 Å². The van der Waals surface area contributed by atoms with Gasteiger partial charge in [0, 0.05) is 24.9 Å². The summed E-state index contributed by atoms with van der Waals surface area (Å²) < 4.78 is 9.80. The van der Waals surface area contributed by atoms with Gasteiger partial charge in [0.2, 0.25) is 0 Å². The molecule has 0 saturated carbocycles. The van der Waals surface area contributed by atoms with Crippen LogP contribution in [-0.2, 0) is 9.53 Å². The van der Waals surface area contributed by atoms with E-state index >= 15 is 0 Å². The van der Waals surface area contributed by atoms with Gasteiger partial charge in [-0.3, -0.25) is 14.9 Å². The number of nitro groups is 1. The molecule has 0 aliphatic rings. The molecule has 1 aromatic carbocycles. The van der Waals surface area contributed by atoms with Gasteiger partial charge in [-0.2, -0.15) is 0 Å².